The number of rotatable bonds is 5. The van der Waals surface area contributed by atoms with Gasteiger partial charge < -0.3 is 10.1 Å². The van der Waals surface area contributed by atoms with Crippen molar-refractivity contribution in [3.05, 3.63) is 22.4 Å². The molecule has 2 rings (SSSR count). The summed E-state index contributed by atoms with van der Waals surface area (Å²) in [4.78, 5) is 3.81. The molecule has 0 bridgehead atoms. The minimum absolute atomic E-state index is 0.403. The highest BCUT2D eigenvalue weighted by Crippen LogP contribution is 2.14. The molecule has 1 fully saturated rings. The molecule has 1 N–H and O–H groups in total. The van der Waals surface area contributed by atoms with Gasteiger partial charge in [-0.15, -0.1) is 11.3 Å². The summed E-state index contributed by atoms with van der Waals surface area (Å²) in [5, 5.41) is 5.64. The number of likely N-dealkylation sites (N-methyl/N-ethyl adjacent to an activating group) is 1. The number of ether oxygens (including phenoxy) is 1. The zero-order valence-electron chi connectivity index (χ0n) is 9.98. The predicted molar refractivity (Wildman–Crippen MR) is 67.9 cm³/mol. The Balaban J connectivity index is 1.73. The molecule has 90 valence electrons. The highest BCUT2D eigenvalue weighted by atomic mass is 32.1. The van der Waals surface area contributed by atoms with Crippen LogP contribution in [0.5, 0.6) is 0 Å². The summed E-state index contributed by atoms with van der Waals surface area (Å²) in [6.07, 6.45) is 1.53. The monoisotopic (exact) mass is 240 g/mol. The summed E-state index contributed by atoms with van der Waals surface area (Å²) >= 11 is 1.83. The highest BCUT2D eigenvalue weighted by molar-refractivity contribution is 7.09. The van der Waals surface area contributed by atoms with Crippen molar-refractivity contribution in [1.29, 1.82) is 0 Å². The van der Waals surface area contributed by atoms with Gasteiger partial charge in [0.1, 0.15) is 0 Å². The molecule has 2 unspecified atom stereocenters. The zero-order chi connectivity index (χ0) is 11.4. The SMILES string of the molecule is COC1CNC(CN(C)Cc2cccs2)C1. The Kier molecular flexibility index (Phi) is 4.35. The first kappa shape index (κ1) is 12.0. The summed E-state index contributed by atoms with van der Waals surface area (Å²) in [7, 11) is 3.98. The Morgan fingerprint density at radius 2 is 2.50 bits per heavy atom. The van der Waals surface area contributed by atoms with Crippen molar-refractivity contribution in [2.75, 3.05) is 27.2 Å². The Morgan fingerprint density at radius 1 is 1.62 bits per heavy atom. The minimum Gasteiger partial charge on any atom is -0.380 e. The van der Waals surface area contributed by atoms with Crippen LogP contribution in [0.3, 0.4) is 0 Å². The lowest BCUT2D eigenvalue weighted by Gasteiger charge is -2.20. The molecule has 0 saturated carbocycles. The van der Waals surface area contributed by atoms with Gasteiger partial charge in [-0.1, -0.05) is 6.07 Å². The molecule has 0 aliphatic carbocycles. The van der Waals surface area contributed by atoms with Gasteiger partial charge in [-0.2, -0.15) is 0 Å². The van der Waals surface area contributed by atoms with E-state index in [1.54, 1.807) is 7.11 Å². The first-order valence-corrected chi connectivity index (χ1v) is 6.63. The molecule has 1 aromatic heterocycles. The number of nitrogens with zero attached hydrogens (tertiary/aromatic N) is 1. The van der Waals surface area contributed by atoms with Gasteiger partial charge in [-0.3, -0.25) is 4.90 Å². The van der Waals surface area contributed by atoms with Crippen molar-refractivity contribution < 1.29 is 4.74 Å². The van der Waals surface area contributed by atoms with E-state index in [4.69, 9.17) is 4.74 Å². The van der Waals surface area contributed by atoms with Crippen LogP contribution >= 0.6 is 11.3 Å². The molecule has 1 aliphatic rings. The lowest BCUT2D eigenvalue weighted by molar-refractivity contribution is 0.116. The number of thiophene rings is 1. The second-order valence-electron chi connectivity index (χ2n) is 4.47. The fourth-order valence-corrected chi connectivity index (χ4v) is 2.99. The molecule has 3 nitrogen and oxygen atoms in total. The Labute approximate surface area is 101 Å². The molecule has 4 heteroatoms. The second kappa shape index (κ2) is 5.77. The summed E-state index contributed by atoms with van der Waals surface area (Å²) < 4.78 is 5.35. The molecule has 1 aromatic rings. The number of methoxy groups -OCH3 is 1. The van der Waals surface area contributed by atoms with E-state index < -0.39 is 0 Å². The Hall–Kier alpha value is -0.420. The van der Waals surface area contributed by atoms with Crippen LogP contribution in [0, 0.1) is 0 Å². The maximum atomic E-state index is 5.35. The summed E-state index contributed by atoms with van der Waals surface area (Å²) in [5.41, 5.74) is 0. The van der Waals surface area contributed by atoms with Crippen molar-refractivity contribution in [3.63, 3.8) is 0 Å². The standard InChI is InChI=1S/C12H20N2OS/c1-14(9-12-4-3-5-16-12)8-10-6-11(15-2)7-13-10/h3-5,10-11,13H,6-9H2,1-2H3. The van der Waals surface area contributed by atoms with Crippen LogP contribution in [-0.2, 0) is 11.3 Å². The lowest BCUT2D eigenvalue weighted by Crippen LogP contribution is -2.34. The first-order chi connectivity index (χ1) is 7.78. The summed E-state index contributed by atoms with van der Waals surface area (Å²) in [5.74, 6) is 0. The fraction of sp³-hybridized carbons (Fsp3) is 0.667. The molecule has 2 atom stereocenters. The van der Waals surface area contributed by atoms with Gasteiger partial charge in [-0.05, 0) is 24.9 Å². The van der Waals surface area contributed by atoms with Gasteiger partial charge >= 0.3 is 0 Å². The molecule has 1 saturated heterocycles. The van der Waals surface area contributed by atoms with E-state index in [2.05, 4.69) is 34.8 Å². The van der Waals surface area contributed by atoms with Crippen molar-refractivity contribution in [2.45, 2.75) is 25.1 Å². The summed E-state index contributed by atoms with van der Waals surface area (Å²) in [6.45, 7) is 3.14. The van der Waals surface area contributed by atoms with Gasteiger partial charge in [0.2, 0.25) is 0 Å². The average Bonchev–Trinajstić information content (AvgIpc) is 2.89. The van der Waals surface area contributed by atoms with Gasteiger partial charge in [0, 0.05) is 37.7 Å². The number of hydrogen-bond acceptors (Lipinski definition) is 4. The molecular weight excluding hydrogens is 220 g/mol. The van der Waals surface area contributed by atoms with E-state index in [1.165, 1.54) is 4.88 Å². The molecular formula is C12H20N2OS. The normalized spacial score (nSPS) is 25.4. The van der Waals surface area contributed by atoms with Crippen LogP contribution in [0.25, 0.3) is 0 Å². The smallest absolute Gasteiger partial charge is 0.0711 e. The Morgan fingerprint density at radius 3 is 3.12 bits per heavy atom. The third kappa shape index (κ3) is 3.28. The van der Waals surface area contributed by atoms with Crippen molar-refractivity contribution in [2.24, 2.45) is 0 Å². The van der Waals surface area contributed by atoms with Crippen molar-refractivity contribution in [1.82, 2.24) is 10.2 Å². The fourth-order valence-electron chi connectivity index (χ4n) is 2.21. The van der Waals surface area contributed by atoms with E-state index in [1.807, 2.05) is 11.3 Å². The van der Waals surface area contributed by atoms with E-state index in [0.717, 1.165) is 26.1 Å². The maximum absolute atomic E-state index is 5.35. The first-order valence-electron chi connectivity index (χ1n) is 5.75. The topological polar surface area (TPSA) is 24.5 Å². The second-order valence-corrected chi connectivity index (χ2v) is 5.51. The molecule has 0 radical (unpaired) electrons. The van der Waals surface area contributed by atoms with Crippen LogP contribution in [0.4, 0.5) is 0 Å². The maximum Gasteiger partial charge on any atom is 0.0711 e. The lowest BCUT2D eigenvalue weighted by atomic mass is 10.2. The average molecular weight is 240 g/mol. The zero-order valence-corrected chi connectivity index (χ0v) is 10.8. The highest BCUT2D eigenvalue weighted by Gasteiger charge is 2.24. The van der Waals surface area contributed by atoms with Gasteiger partial charge in [0.05, 0.1) is 6.10 Å². The third-order valence-electron chi connectivity index (χ3n) is 3.05. The Bertz CT molecular complexity index is 302. The predicted octanol–water partition coefficient (Wildman–Crippen LogP) is 1.56. The molecule has 2 heterocycles. The van der Waals surface area contributed by atoms with Gasteiger partial charge in [-0.25, -0.2) is 0 Å². The van der Waals surface area contributed by atoms with Crippen LogP contribution in [-0.4, -0.2) is 44.3 Å². The molecule has 0 aromatic carbocycles. The molecule has 1 aliphatic heterocycles. The van der Waals surface area contributed by atoms with E-state index in [0.29, 0.717) is 12.1 Å². The number of hydrogen-bond donors (Lipinski definition) is 1. The molecule has 0 spiro atoms. The largest absolute Gasteiger partial charge is 0.380 e. The van der Waals surface area contributed by atoms with Crippen molar-refractivity contribution in [3.8, 4) is 0 Å². The summed E-state index contributed by atoms with van der Waals surface area (Å²) in [6, 6.07) is 4.89. The minimum atomic E-state index is 0.403. The van der Waals surface area contributed by atoms with Gasteiger partial charge in [0.25, 0.3) is 0 Å². The number of nitrogens with one attached hydrogen (secondary N) is 1. The quantitative estimate of drug-likeness (QED) is 0.845. The van der Waals surface area contributed by atoms with Crippen LogP contribution in [0.15, 0.2) is 17.5 Å². The van der Waals surface area contributed by atoms with E-state index >= 15 is 0 Å². The van der Waals surface area contributed by atoms with Crippen molar-refractivity contribution >= 4 is 11.3 Å². The van der Waals surface area contributed by atoms with Gasteiger partial charge in [0.15, 0.2) is 0 Å². The van der Waals surface area contributed by atoms with Crippen LogP contribution in [0.2, 0.25) is 0 Å². The van der Waals surface area contributed by atoms with Crippen LogP contribution in [0.1, 0.15) is 11.3 Å². The van der Waals surface area contributed by atoms with E-state index in [9.17, 15) is 0 Å². The van der Waals surface area contributed by atoms with E-state index in [-0.39, 0.29) is 0 Å². The van der Waals surface area contributed by atoms with Crippen LogP contribution < -0.4 is 5.32 Å². The molecule has 0 amide bonds. The third-order valence-corrected chi connectivity index (χ3v) is 3.91. The molecule has 16 heavy (non-hydrogen) atoms.